The van der Waals surface area contributed by atoms with Crippen LogP contribution >= 0.6 is 11.6 Å². The first-order valence-corrected chi connectivity index (χ1v) is 7.36. The molecule has 0 aliphatic rings. The van der Waals surface area contributed by atoms with E-state index in [0.29, 0.717) is 5.95 Å². The number of nitrogens with one attached hydrogen (secondary N) is 2. The Morgan fingerprint density at radius 3 is 2.48 bits per heavy atom. The van der Waals surface area contributed by atoms with Crippen LogP contribution in [-0.2, 0) is 0 Å². The van der Waals surface area contributed by atoms with Gasteiger partial charge < -0.3 is 15.5 Å². The minimum Gasteiger partial charge on any atom is -0.344 e. The predicted octanol–water partition coefficient (Wildman–Crippen LogP) is 2.59. The zero-order valence-electron chi connectivity index (χ0n) is 12.8. The number of nitrogens with zero attached hydrogens (tertiary/aromatic N) is 4. The fraction of sp³-hybridized carbons (Fsp3) is 0.357. The molecule has 0 unspecified atom stereocenters. The van der Waals surface area contributed by atoms with E-state index < -0.39 is 11.6 Å². The molecule has 0 aliphatic carbocycles. The summed E-state index contributed by atoms with van der Waals surface area (Å²) in [4.78, 5) is 14.0. The minimum atomic E-state index is -0.697. The van der Waals surface area contributed by atoms with Crippen molar-refractivity contribution in [2.75, 3.05) is 37.4 Å². The monoisotopic (exact) mass is 342 g/mol. The van der Waals surface area contributed by atoms with Gasteiger partial charge in [0.2, 0.25) is 17.2 Å². The fourth-order valence-electron chi connectivity index (χ4n) is 1.91. The van der Waals surface area contributed by atoms with Crippen molar-refractivity contribution >= 4 is 29.2 Å². The van der Waals surface area contributed by atoms with Crippen LogP contribution in [0.3, 0.4) is 0 Å². The molecule has 9 heteroatoms. The van der Waals surface area contributed by atoms with Crippen molar-refractivity contribution < 1.29 is 8.78 Å². The smallest absolute Gasteiger partial charge is 0.233 e. The Bertz CT molecular complexity index is 649. The molecule has 2 N–H and O–H groups in total. The molecule has 124 valence electrons. The summed E-state index contributed by atoms with van der Waals surface area (Å²) >= 11 is 5.89. The van der Waals surface area contributed by atoms with Crippen LogP contribution in [0.15, 0.2) is 18.2 Å². The Balaban J connectivity index is 2.16. The van der Waals surface area contributed by atoms with Crippen molar-refractivity contribution in [1.82, 2.24) is 20.3 Å². The minimum absolute atomic E-state index is 0.00478. The van der Waals surface area contributed by atoms with Gasteiger partial charge in [-0.2, -0.15) is 15.0 Å². The van der Waals surface area contributed by atoms with Gasteiger partial charge in [-0.3, -0.25) is 0 Å². The number of hydrogen-bond acceptors (Lipinski definition) is 6. The van der Waals surface area contributed by atoms with Gasteiger partial charge in [-0.15, -0.1) is 0 Å². The molecule has 1 heterocycles. The lowest BCUT2D eigenvalue weighted by Crippen LogP contribution is -2.24. The standard InChI is InChI=1S/C14H17ClF2N6/c1-18-4-3-5-23(2)14-21-12(15)20-13(22-14)19-11-7-9(16)6-10(17)8-11/h6-8,18H,3-5H2,1-2H3,(H,19,20,21,22). The lowest BCUT2D eigenvalue weighted by Gasteiger charge is -2.17. The molecule has 0 amide bonds. The van der Waals surface area contributed by atoms with Crippen LogP contribution in [0.4, 0.5) is 26.4 Å². The molecule has 23 heavy (non-hydrogen) atoms. The van der Waals surface area contributed by atoms with E-state index in [1.165, 1.54) is 0 Å². The van der Waals surface area contributed by atoms with Crippen LogP contribution < -0.4 is 15.5 Å². The quantitative estimate of drug-likeness (QED) is 0.754. The number of anilines is 3. The van der Waals surface area contributed by atoms with E-state index in [1.54, 1.807) is 0 Å². The van der Waals surface area contributed by atoms with Gasteiger partial charge in [-0.05, 0) is 43.7 Å². The predicted molar refractivity (Wildman–Crippen MR) is 86.3 cm³/mol. The van der Waals surface area contributed by atoms with Gasteiger partial charge in [-0.1, -0.05) is 0 Å². The first kappa shape index (κ1) is 17.3. The highest BCUT2D eigenvalue weighted by Crippen LogP contribution is 2.19. The highest BCUT2D eigenvalue weighted by atomic mass is 35.5. The first-order valence-electron chi connectivity index (χ1n) is 6.98. The molecule has 0 saturated heterocycles. The number of hydrogen-bond donors (Lipinski definition) is 2. The third-order valence-corrected chi connectivity index (χ3v) is 3.15. The van der Waals surface area contributed by atoms with E-state index in [1.807, 2.05) is 19.0 Å². The molecule has 1 aromatic carbocycles. The van der Waals surface area contributed by atoms with Gasteiger partial charge in [0.25, 0.3) is 0 Å². The zero-order chi connectivity index (χ0) is 16.8. The highest BCUT2D eigenvalue weighted by molar-refractivity contribution is 6.28. The SMILES string of the molecule is CNCCCN(C)c1nc(Cl)nc(Nc2cc(F)cc(F)c2)n1. The van der Waals surface area contributed by atoms with E-state index in [9.17, 15) is 8.78 Å². The molecule has 2 aromatic rings. The van der Waals surface area contributed by atoms with Crippen molar-refractivity contribution in [3.63, 3.8) is 0 Å². The highest BCUT2D eigenvalue weighted by Gasteiger charge is 2.10. The topological polar surface area (TPSA) is 66.0 Å². The Kier molecular flexibility index (Phi) is 6.00. The van der Waals surface area contributed by atoms with Crippen molar-refractivity contribution in [3.8, 4) is 0 Å². The number of halogens is 3. The van der Waals surface area contributed by atoms with E-state index in [-0.39, 0.29) is 16.9 Å². The van der Waals surface area contributed by atoms with Crippen molar-refractivity contribution in [3.05, 3.63) is 35.1 Å². The van der Waals surface area contributed by atoms with Gasteiger partial charge in [0.15, 0.2) is 0 Å². The summed E-state index contributed by atoms with van der Waals surface area (Å²) < 4.78 is 26.4. The molecular weight excluding hydrogens is 326 g/mol. The number of benzene rings is 1. The molecule has 0 radical (unpaired) electrons. The second kappa shape index (κ2) is 7.98. The Morgan fingerprint density at radius 1 is 1.13 bits per heavy atom. The molecule has 0 aliphatic heterocycles. The maximum atomic E-state index is 13.2. The summed E-state index contributed by atoms with van der Waals surface area (Å²) in [5.74, 6) is -0.903. The Hall–Kier alpha value is -2.06. The fourth-order valence-corrected chi connectivity index (χ4v) is 2.07. The summed E-state index contributed by atoms with van der Waals surface area (Å²) in [7, 11) is 3.70. The van der Waals surface area contributed by atoms with Crippen LogP contribution in [0.25, 0.3) is 0 Å². The van der Waals surface area contributed by atoms with E-state index in [4.69, 9.17) is 11.6 Å². The summed E-state index contributed by atoms with van der Waals surface area (Å²) in [6.07, 6.45) is 0.897. The van der Waals surface area contributed by atoms with Gasteiger partial charge in [-0.25, -0.2) is 8.78 Å². The molecule has 0 saturated carbocycles. The van der Waals surface area contributed by atoms with Crippen LogP contribution in [0.2, 0.25) is 5.28 Å². The summed E-state index contributed by atoms with van der Waals surface area (Å²) in [6.45, 7) is 1.58. The molecule has 0 fully saturated rings. The van der Waals surface area contributed by atoms with Crippen molar-refractivity contribution in [2.45, 2.75) is 6.42 Å². The van der Waals surface area contributed by atoms with E-state index in [0.717, 1.165) is 37.7 Å². The molecule has 2 rings (SSSR count). The Labute approximate surface area is 137 Å². The molecule has 0 spiro atoms. The second-order valence-corrected chi connectivity index (χ2v) is 5.23. The summed E-state index contributed by atoms with van der Waals surface area (Å²) in [5, 5.41) is 5.77. The number of rotatable bonds is 7. The molecule has 0 atom stereocenters. The van der Waals surface area contributed by atoms with Crippen molar-refractivity contribution in [1.29, 1.82) is 0 Å². The van der Waals surface area contributed by atoms with Gasteiger partial charge in [0.05, 0.1) is 0 Å². The van der Waals surface area contributed by atoms with Gasteiger partial charge in [0.1, 0.15) is 11.6 Å². The normalized spacial score (nSPS) is 10.7. The number of aromatic nitrogens is 3. The first-order chi connectivity index (χ1) is 11.0. The second-order valence-electron chi connectivity index (χ2n) is 4.89. The lowest BCUT2D eigenvalue weighted by molar-refractivity contribution is 0.584. The summed E-state index contributed by atoms with van der Waals surface area (Å²) in [6, 6.07) is 3.06. The maximum Gasteiger partial charge on any atom is 0.233 e. The van der Waals surface area contributed by atoms with Crippen molar-refractivity contribution in [2.24, 2.45) is 0 Å². The van der Waals surface area contributed by atoms with Crippen LogP contribution in [0, 0.1) is 11.6 Å². The largest absolute Gasteiger partial charge is 0.344 e. The van der Waals surface area contributed by atoms with Gasteiger partial charge >= 0.3 is 0 Å². The van der Waals surface area contributed by atoms with E-state index in [2.05, 4.69) is 25.6 Å². The van der Waals surface area contributed by atoms with Crippen LogP contribution in [-0.4, -0.2) is 42.1 Å². The Morgan fingerprint density at radius 2 is 1.83 bits per heavy atom. The zero-order valence-corrected chi connectivity index (χ0v) is 13.5. The molecule has 1 aromatic heterocycles. The molecule has 6 nitrogen and oxygen atoms in total. The van der Waals surface area contributed by atoms with Gasteiger partial charge in [0, 0.05) is 25.3 Å². The van der Waals surface area contributed by atoms with Crippen LogP contribution in [0.1, 0.15) is 6.42 Å². The molecule has 0 bridgehead atoms. The molecular formula is C14H17ClF2N6. The summed E-state index contributed by atoms with van der Waals surface area (Å²) in [5.41, 5.74) is 0.188. The van der Waals surface area contributed by atoms with E-state index >= 15 is 0 Å². The maximum absolute atomic E-state index is 13.2. The average Bonchev–Trinajstić information content (AvgIpc) is 2.45. The van der Waals surface area contributed by atoms with Crippen LogP contribution in [0.5, 0.6) is 0 Å². The third-order valence-electron chi connectivity index (χ3n) is 2.98. The third kappa shape index (κ3) is 5.26. The lowest BCUT2D eigenvalue weighted by atomic mass is 10.3. The average molecular weight is 343 g/mol.